The molecule has 0 atom stereocenters. The lowest BCUT2D eigenvalue weighted by Crippen LogP contribution is -2.37. The van der Waals surface area contributed by atoms with Gasteiger partial charge in [0.15, 0.2) is 0 Å². The first kappa shape index (κ1) is 13.3. The minimum atomic E-state index is -0.958. The molecule has 2 rings (SSSR count). The summed E-state index contributed by atoms with van der Waals surface area (Å²) >= 11 is 0. The van der Waals surface area contributed by atoms with E-state index < -0.39 is 29.0 Å². The minimum absolute atomic E-state index is 0.0169. The van der Waals surface area contributed by atoms with Crippen LogP contribution in [0.3, 0.4) is 0 Å². The van der Waals surface area contributed by atoms with E-state index in [1.54, 1.807) is 0 Å². The maximum Gasteiger partial charge on any atom is 0.319 e. The Bertz CT molecular complexity index is 530. The number of aliphatic carboxylic acids is 1. The van der Waals surface area contributed by atoms with Crippen LogP contribution in [0.15, 0.2) is 18.2 Å². The van der Waals surface area contributed by atoms with Crippen molar-refractivity contribution < 1.29 is 23.5 Å². The van der Waals surface area contributed by atoms with Gasteiger partial charge in [-0.05, 0) is 25.0 Å². The van der Waals surface area contributed by atoms with Crippen LogP contribution in [0.5, 0.6) is 0 Å². The van der Waals surface area contributed by atoms with Crippen molar-refractivity contribution in [3.8, 4) is 0 Å². The molecule has 0 saturated heterocycles. The number of hydrogen-bond acceptors (Lipinski definition) is 2. The van der Waals surface area contributed by atoms with Crippen LogP contribution >= 0.6 is 0 Å². The molecule has 1 aromatic rings. The molecular formula is C12H12F2N2O3. The predicted octanol–water partition coefficient (Wildman–Crippen LogP) is 1.95. The fourth-order valence-electron chi connectivity index (χ4n) is 1.62. The summed E-state index contributed by atoms with van der Waals surface area (Å²) in [5.41, 5.74) is -1.06. The summed E-state index contributed by atoms with van der Waals surface area (Å²) in [5, 5.41) is 13.5. The predicted molar refractivity (Wildman–Crippen MR) is 62.7 cm³/mol. The Hall–Kier alpha value is -2.18. The van der Waals surface area contributed by atoms with Gasteiger partial charge in [-0.3, -0.25) is 4.79 Å². The van der Waals surface area contributed by atoms with E-state index in [1.165, 1.54) is 0 Å². The highest BCUT2D eigenvalue weighted by molar-refractivity contribution is 5.90. The number of carbonyl (C=O) groups excluding carboxylic acids is 1. The Kier molecular flexibility index (Phi) is 3.37. The Morgan fingerprint density at radius 1 is 1.32 bits per heavy atom. The maximum atomic E-state index is 13.2. The Morgan fingerprint density at radius 2 is 2.00 bits per heavy atom. The van der Waals surface area contributed by atoms with Crippen molar-refractivity contribution >= 4 is 17.7 Å². The fourth-order valence-corrected chi connectivity index (χ4v) is 1.62. The number of rotatable bonds is 4. The molecule has 2 amide bonds. The molecule has 1 aliphatic rings. The van der Waals surface area contributed by atoms with Crippen molar-refractivity contribution in [1.82, 2.24) is 5.32 Å². The molecule has 102 valence electrons. The van der Waals surface area contributed by atoms with Crippen molar-refractivity contribution in [3.05, 3.63) is 29.8 Å². The molecular weight excluding hydrogens is 258 g/mol. The van der Waals surface area contributed by atoms with Gasteiger partial charge in [0.25, 0.3) is 0 Å². The van der Waals surface area contributed by atoms with Gasteiger partial charge in [-0.15, -0.1) is 0 Å². The van der Waals surface area contributed by atoms with Gasteiger partial charge in [-0.1, -0.05) is 0 Å². The second-order valence-corrected chi connectivity index (χ2v) is 4.52. The Labute approximate surface area is 107 Å². The molecule has 0 spiro atoms. The van der Waals surface area contributed by atoms with Gasteiger partial charge in [0, 0.05) is 12.6 Å². The zero-order valence-corrected chi connectivity index (χ0v) is 9.87. The number of carbonyl (C=O) groups is 2. The molecule has 0 heterocycles. The molecule has 0 aromatic heterocycles. The van der Waals surface area contributed by atoms with E-state index in [4.69, 9.17) is 5.11 Å². The zero-order chi connectivity index (χ0) is 14.0. The summed E-state index contributed by atoms with van der Waals surface area (Å²) in [6.45, 7) is -0.0169. The number of carboxylic acids is 1. The molecule has 7 heteroatoms. The third-order valence-electron chi connectivity index (χ3n) is 3.07. The molecule has 3 N–H and O–H groups in total. The first-order valence-corrected chi connectivity index (χ1v) is 5.66. The number of urea groups is 1. The van der Waals surface area contributed by atoms with Crippen LogP contribution in [-0.4, -0.2) is 23.7 Å². The summed E-state index contributed by atoms with van der Waals surface area (Å²) < 4.78 is 25.9. The van der Waals surface area contributed by atoms with Gasteiger partial charge >= 0.3 is 12.0 Å². The number of hydrogen-bond donors (Lipinski definition) is 3. The van der Waals surface area contributed by atoms with Crippen LogP contribution in [0.2, 0.25) is 0 Å². The van der Waals surface area contributed by atoms with E-state index in [0.29, 0.717) is 18.9 Å². The average molecular weight is 270 g/mol. The monoisotopic (exact) mass is 270 g/mol. The number of anilines is 1. The maximum absolute atomic E-state index is 13.2. The number of halogens is 2. The summed E-state index contributed by atoms with van der Waals surface area (Å²) in [6, 6.07) is 2.03. The molecule has 0 unspecified atom stereocenters. The van der Waals surface area contributed by atoms with E-state index >= 15 is 0 Å². The highest BCUT2D eigenvalue weighted by Gasteiger charge is 2.50. The first-order valence-electron chi connectivity index (χ1n) is 5.66. The van der Waals surface area contributed by atoms with Crippen molar-refractivity contribution in [3.63, 3.8) is 0 Å². The Balaban J connectivity index is 1.89. The molecule has 5 nitrogen and oxygen atoms in total. The standard InChI is InChI=1S/C12H12F2N2O3/c13-7-1-2-9(8(14)5-7)16-11(19)15-6-12(3-4-12)10(17)18/h1-2,5H,3-4,6H2,(H,17,18)(H2,15,16,19). The third-order valence-corrected chi connectivity index (χ3v) is 3.07. The first-order chi connectivity index (χ1) is 8.93. The molecule has 1 aromatic carbocycles. The molecule has 1 saturated carbocycles. The highest BCUT2D eigenvalue weighted by atomic mass is 19.1. The SMILES string of the molecule is O=C(NCC1(C(=O)O)CC1)Nc1ccc(F)cc1F. The van der Waals surface area contributed by atoms with Crippen LogP contribution in [0.1, 0.15) is 12.8 Å². The third kappa shape index (κ3) is 2.98. The van der Waals surface area contributed by atoms with Gasteiger partial charge in [0.2, 0.25) is 0 Å². The second kappa shape index (κ2) is 4.83. The second-order valence-electron chi connectivity index (χ2n) is 4.52. The number of nitrogens with one attached hydrogen (secondary N) is 2. The van der Waals surface area contributed by atoms with Crippen LogP contribution in [-0.2, 0) is 4.79 Å². The van der Waals surface area contributed by atoms with E-state index in [-0.39, 0.29) is 12.2 Å². The number of benzene rings is 1. The molecule has 0 radical (unpaired) electrons. The van der Waals surface area contributed by atoms with Gasteiger partial charge in [-0.2, -0.15) is 0 Å². The van der Waals surface area contributed by atoms with Crippen LogP contribution in [0.25, 0.3) is 0 Å². The smallest absolute Gasteiger partial charge is 0.319 e. The van der Waals surface area contributed by atoms with Crippen LogP contribution in [0.4, 0.5) is 19.3 Å². The minimum Gasteiger partial charge on any atom is -0.481 e. The number of carboxylic acid groups (broad SMARTS) is 1. The Morgan fingerprint density at radius 3 is 2.53 bits per heavy atom. The average Bonchev–Trinajstić information content (AvgIpc) is 3.11. The molecule has 1 aliphatic carbocycles. The van der Waals surface area contributed by atoms with Crippen molar-refractivity contribution in [1.29, 1.82) is 0 Å². The highest BCUT2D eigenvalue weighted by Crippen LogP contribution is 2.45. The van der Waals surface area contributed by atoms with E-state index in [0.717, 1.165) is 12.1 Å². The van der Waals surface area contributed by atoms with Crippen molar-refractivity contribution in [2.24, 2.45) is 5.41 Å². The van der Waals surface area contributed by atoms with Crippen molar-refractivity contribution in [2.75, 3.05) is 11.9 Å². The van der Waals surface area contributed by atoms with Gasteiger partial charge in [0.05, 0.1) is 11.1 Å². The fraction of sp³-hybridized carbons (Fsp3) is 0.333. The molecule has 1 fully saturated rings. The van der Waals surface area contributed by atoms with Gasteiger partial charge in [-0.25, -0.2) is 13.6 Å². The lowest BCUT2D eigenvalue weighted by atomic mass is 10.1. The summed E-state index contributed by atoms with van der Waals surface area (Å²) in [5.74, 6) is -2.60. The summed E-state index contributed by atoms with van der Waals surface area (Å²) in [4.78, 5) is 22.3. The van der Waals surface area contributed by atoms with Crippen molar-refractivity contribution in [2.45, 2.75) is 12.8 Å². The van der Waals surface area contributed by atoms with E-state index in [2.05, 4.69) is 10.6 Å². The normalized spacial score (nSPS) is 15.7. The van der Waals surface area contributed by atoms with E-state index in [9.17, 15) is 18.4 Å². The molecule has 0 bridgehead atoms. The van der Waals surface area contributed by atoms with Gasteiger partial charge in [0.1, 0.15) is 11.6 Å². The quantitative estimate of drug-likeness (QED) is 0.782. The van der Waals surface area contributed by atoms with Crippen LogP contribution in [0, 0.1) is 17.0 Å². The summed E-state index contributed by atoms with van der Waals surface area (Å²) in [7, 11) is 0. The summed E-state index contributed by atoms with van der Waals surface area (Å²) in [6.07, 6.45) is 1.01. The molecule has 19 heavy (non-hydrogen) atoms. The lowest BCUT2D eigenvalue weighted by molar-refractivity contribution is -0.143. The van der Waals surface area contributed by atoms with E-state index in [1.807, 2.05) is 0 Å². The largest absolute Gasteiger partial charge is 0.481 e. The lowest BCUT2D eigenvalue weighted by Gasteiger charge is -2.12. The topological polar surface area (TPSA) is 78.4 Å². The van der Waals surface area contributed by atoms with Gasteiger partial charge < -0.3 is 15.7 Å². The molecule has 0 aliphatic heterocycles. The zero-order valence-electron chi connectivity index (χ0n) is 9.87. The van der Waals surface area contributed by atoms with Crippen LogP contribution < -0.4 is 10.6 Å². The number of amides is 2.